The number of thiophene rings is 1. The molecule has 0 saturated heterocycles. The molecular formula is C18H21NO5S. The first-order valence-corrected chi connectivity index (χ1v) is 8.67. The number of hydrogen-bond acceptors (Lipinski definition) is 5. The number of carbonyl (C=O) groups is 2. The Balaban J connectivity index is 2.09. The van der Waals surface area contributed by atoms with Crippen LogP contribution in [0.15, 0.2) is 35.7 Å². The van der Waals surface area contributed by atoms with Gasteiger partial charge in [0.05, 0.1) is 26.7 Å². The topological polar surface area (TPSA) is 84.9 Å². The molecule has 0 aliphatic carbocycles. The second-order valence-electron chi connectivity index (χ2n) is 5.41. The molecule has 0 fully saturated rings. The third-order valence-electron chi connectivity index (χ3n) is 3.70. The van der Waals surface area contributed by atoms with Crippen molar-refractivity contribution in [3.63, 3.8) is 0 Å². The summed E-state index contributed by atoms with van der Waals surface area (Å²) >= 11 is 1.60. The number of carboxylic acids is 1. The molecule has 0 spiro atoms. The number of aliphatic carboxylic acids is 1. The van der Waals surface area contributed by atoms with E-state index in [2.05, 4.69) is 5.32 Å². The summed E-state index contributed by atoms with van der Waals surface area (Å²) in [5, 5.41) is 13.9. The van der Waals surface area contributed by atoms with Crippen molar-refractivity contribution in [3.05, 3.63) is 46.2 Å². The van der Waals surface area contributed by atoms with Crippen molar-refractivity contribution >= 4 is 23.2 Å². The molecular weight excluding hydrogens is 342 g/mol. The first kappa shape index (κ1) is 18.8. The smallest absolute Gasteiger partial charge is 0.305 e. The molecule has 0 unspecified atom stereocenters. The number of nitrogens with one attached hydrogen (secondary N) is 1. The lowest BCUT2D eigenvalue weighted by Gasteiger charge is -2.19. The zero-order chi connectivity index (χ0) is 18.2. The maximum Gasteiger partial charge on any atom is 0.305 e. The monoisotopic (exact) mass is 363 g/mol. The van der Waals surface area contributed by atoms with Gasteiger partial charge in [-0.3, -0.25) is 9.59 Å². The number of rotatable bonds is 9. The van der Waals surface area contributed by atoms with Crippen molar-refractivity contribution in [1.82, 2.24) is 5.32 Å². The van der Waals surface area contributed by atoms with Crippen LogP contribution in [0.1, 0.15) is 29.3 Å². The highest BCUT2D eigenvalue weighted by Gasteiger charge is 2.20. The summed E-state index contributed by atoms with van der Waals surface area (Å²) in [7, 11) is 3.03. The van der Waals surface area contributed by atoms with Crippen LogP contribution in [-0.4, -0.2) is 31.2 Å². The molecule has 25 heavy (non-hydrogen) atoms. The Kier molecular flexibility index (Phi) is 6.82. The van der Waals surface area contributed by atoms with E-state index < -0.39 is 12.0 Å². The zero-order valence-electron chi connectivity index (χ0n) is 14.2. The van der Waals surface area contributed by atoms with Crippen molar-refractivity contribution in [1.29, 1.82) is 0 Å². The van der Waals surface area contributed by atoms with Gasteiger partial charge in [0, 0.05) is 11.3 Å². The average molecular weight is 363 g/mol. The lowest BCUT2D eigenvalue weighted by Crippen LogP contribution is -2.30. The minimum absolute atomic E-state index is 0.186. The highest BCUT2D eigenvalue weighted by atomic mass is 32.1. The third-order valence-corrected chi connectivity index (χ3v) is 4.64. The second-order valence-corrected chi connectivity index (χ2v) is 6.44. The van der Waals surface area contributed by atoms with E-state index in [-0.39, 0.29) is 12.3 Å². The van der Waals surface area contributed by atoms with Gasteiger partial charge in [-0.05, 0) is 35.6 Å². The predicted octanol–water partition coefficient (Wildman–Crippen LogP) is 3.03. The van der Waals surface area contributed by atoms with Crippen LogP contribution < -0.4 is 14.8 Å². The van der Waals surface area contributed by atoms with Crippen LogP contribution in [0.4, 0.5) is 0 Å². The molecule has 2 N–H and O–H groups in total. The van der Waals surface area contributed by atoms with Gasteiger partial charge in [0.15, 0.2) is 11.5 Å². The first-order chi connectivity index (χ1) is 12.0. The summed E-state index contributed by atoms with van der Waals surface area (Å²) in [6, 6.07) is 8.39. The molecule has 0 aliphatic heterocycles. The van der Waals surface area contributed by atoms with Gasteiger partial charge in [-0.25, -0.2) is 0 Å². The van der Waals surface area contributed by atoms with E-state index in [1.807, 2.05) is 17.5 Å². The predicted molar refractivity (Wildman–Crippen MR) is 95.3 cm³/mol. The molecule has 134 valence electrons. The number of aryl methyl sites for hydroxylation is 1. The summed E-state index contributed by atoms with van der Waals surface area (Å²) in [6.07, 6.45) is 0.735. The van der Waals surface area contributed by atoms with Gasteiger partial charge in [0.2, 0.25) is 5.91 Å². The molecule has 7 heteroatoms. The summed E-state index contributed by atoms with van der Waals surface area (Å²) < 4.78 is 10.4. The fourth-order valence-corrected chi connectivity index (χ4v) is 3.16. The molecule has 2 rings (SSSR count). The highest BCUT2D eigenvalue weighted by Crippen LogP contribution is 2.31. The largest absolute Gasteiger partial charge is 0.493 e. The summed E-state index contributed by atoms with van der Waals surface area (Å²) in [4.78, 5) is 24.5. The fourth-order valence-electron chi connectivity index (χ4n) is 2.45. The fraction of sp³-hybridized carbons (Fsp3) is 0.333. The van der Waals surface area contributed by atoms with Gasteiger partial charge in [0.25, 0.3) is 0 Å². The van der Waals surface area contributed by atoms with Crippen molar-refractivity contribution < 1.29 is 24.2 Å². The number of hydrogen-bond donors (Lipinski definition) is 2. The van der Waals surface area contributed by atoms with Gasteiger partial charge in [-0.2, -0.15) is 0 Å². The number of methoxy groups -OCH3 is 2. The molecule has 1 aromatic carbocycles. The van der Waals surface area contributed by atoms with Crippen LogP contribution in [0, 0.1) is 0 Å². The maximum absolute atomic E-state index is 12.2. The normalized spacial score (nSPS) is 11.6. The Bertz CT molecular complexity index is 714. The summed E-state index contributed by atoms with van der Waals surface area (Å²) in [6.45, 7) is 0. The third kappa shape index (κ3) is 5.49. The van der Waals surface area contributed by atoms with E-state index in [1.165, 1.54) is 14.2 Å². The van der Waals surface area contributed by atoms with Crippen LogP contribution >= 0.6 is 11.3 Å². The molecule has 0 aliphatic rings. The number of carboxylic acid groups (broad SMARTS) is 1. The van der Waals surface area contributed by atoms with Crippen LogP contribution in [0.5, 0.6) is 11.5 Å². The van der Waals surface area contributed by atoms with E-state index in [0.717, 1.165) is 4.88 Å². The van der Waals surface area contributed by atoms with E-state index >= 15 is 0 Å². The second kappa shape index (κ2) is 9.08. The van der Waals surface area contributed by atoms with Gasteiger partial charge < -0.3 is 19.9 Å². The van der Waals surface area contributed by atoms with Crippen molar-refractivity contribution in [2.45, 2.75) is 25.3 Å². The number of ether oxygens (including phenoxy) is 2. The van der Waals surface area contributed by atoms with Crippen LogP contribution in [0.25, 0.3) is 0 Å². The SMILES string of the molecule is COc1ccc([C@@H](CC(=O)O)NC(=O)CCc2cccs2)cc1OC. The minimum Gasteiger partial charge on any atom is -0.493 e. The standard InChI is InChI=1S/C18H21NO5S/c1-23-15-7-5-12(10-16(15)24-2)14(11-18(21)22)19-17(20)8-6-13-4-3-9-25-13/h3-5,7,9-10,14H,6,8,11H2,1-2H3,(H,19,20)(H,21,22)/t14-/m1/s1. The Hall–Kier alpha value is -2.54. The number of benzene rings is 1. The molecule has 0 bridgehead atoms. The Morgan fingerprint density at radius 1 is 1.20 bits per heavy atom. The van der Waals surface area contributed by atoms with Gasteiger partial charge in [-0.15, -0.1) is 11.3 Å². The Labute approximate surface area is 150 Å². The molecule has 1 aromatic heterocycles. The zero-order valence-corrected chi connectivity index (χ0v) is 15.0. The van der Waals surface area contributed by atoms with Crippen molar-refractivity contribution in [3.8, 4) is 11.5 Å². The van der Waals surface area contributed by atoms with Gasteiger partial charge in [-0.1, -0.05) is 12.1 Å². The molecule has 1 heterocycles. The van der Waals surface area contributed by atoms with Crippen LogP contribution in [-0.2, 0) is 16.0 Å². The Morgan fingerprint density at radius 2 is 1.96 bits per heavy atom. The summed E-state index contributed by atoms with van der Waals surface area (Å²) in [5.41, 5.74) is 0.657. The first-order valence-electron chi connectivity index (χ1n) is 7.79. The molecule has 1 amide bonds. The molecule has 2 aromatic rings. The quantitative estimate of drug-likeness (QED) is 0.715. The highest BCUT2D eigenvalue weighted by molar-refractivity contribution is 7.09. The average Bonchev–Trinajstić information content (AvgIpc) is 3.12. The minimum atomic E-state index is -0.988. The van der Waals surface area contributed by atoms with Gasteiger partial charge in [0.1, 0.15) is 0 Å². The van der Waals surface area contributed by atoms with Crippen molar-refractivity contribution in [2.75, 3.05) is 14.2 Å². The lowest BCUT2D eigenvalue weighted by atomic mass is 10.0. The number of amides is 1. The van der Waals surface area contributed by atoms with E-state index in [9.17, 15) is 9.59 Å². The van der Waals surface area contributed by atoms with Crippen molar-refractivity contribution in [2.24, 2.45) is 0 Å². The van der Waals surface area contributed by atoms with E-state index in [4.69, 9.17) is 14.6 Å². The Morgan fingerprint density at radius 3 is 2.56 bits per heavy atom. The maximum atomic E-state index is 12.2. The van der Waals surface area contributed by atoms with E-state index in [1.54, 1.807) is 29.5 Å². The lowest BCUT2D eigenvalue weighted by molar-refractivity contribution is -0.137. The molecule has 1 atom stereocenters. The molecule has 0 saturated carbocycles. The molecule has 6 nitrogen and oxygen atoms in total. The van der Waals surface area contributed by atoms with Gasteiger partial charge >= 0.3 is 5.97 Å². The molecule has 0 radical (unpaired) electrons. The van der Waals surface area contributed by atoms with E-state index in [0.29, 0.717) is 29.9 Å². The van der Waals surface area contributed by atoms with Crippen LogP contribution in [0.3, 0.4) is 0 Å². The summed E-state index contributed by atoms with van der Waals surface area (Å²) in [5.74, 6) is -0.139. The van der Waals surface area contributed by atoms with Crippen LogP contribution in [0.2, 0.25) is 0 Å². The number of carbonyl (C=O) groups excluding carboxylic acids is 1.